The van der Waals surface area contributed by atoms with Crippen LogP contribution in [0.2, 0.25) is 0 Å². The highest BCUT2D eigenvalue weighted by atomic mass is 16.5. The summed E-state index contributed by atoms with van der Waals surface area (Å²) in [5, 5.41) is 2.82. The van der Waals surface area contributed by atoms with Gasteiger partial charge < -0.3 is 15.0 Å². The number of anilines is 1. The normalized spacial score (nSPS) is 17.5. The number of carbonyl (C=O) groups excluding carboxylic acids is 3. The predicted molar refractivity (Wildman–Crippen MR) is 95.2 cm³/mol. The van der Waals surface area contributed by atoms with Gasteiger partial charge in [0.2, 0.25) is 11.8 Å². The number of hydrogen-bond acceptors (Lipinski definition) is 4. The molecule has 2 amide bonds. The van der Waals surface area contributed by atoms with Gasteiger partial charge in [-0.3, -0.25) is 9.59 Å². The summed E-state index contributed by atoms with van der Waals surface area (Å²) in [6, 6.07) is 6.57. The second-order valence-corrected chi connectivity index (χ2v) is 7.28. The van der Waals surface area contributed by atoms with Gasteiger partial charge in [-0.1, -0.05) is 6.92 Å². The van der Waals surface area contributed by atoms with Crippen molar-refractivity contribution in [1.29, 1.82) is 0 Å². The molecule has 2 rings (SSSR count). The van der Waals surface area contributed by atoms with Crippen LogP contribution in [0, 0.1) is 5.92 Å². The first kappa shape index (κ1) is 19.0. The molecule has 1 aliphatic rings. The summed E-state index contributed by atoms with van der Waals surface area (Å²) in [7, 11) is 0. The Labute approximate surface area is 148 Å². The maximum atomic E-state index is 12.4. The SMILES string of the molecule is CCCOC(=O)c1ccc(NC(=O)[C@@H]2CC(=O)N(C(C)(C)C)C2)cc1. The number of esters is 1. The first-order valence-corrected chi connectivity index (χ1v) is 8.61. The van der Waals surface area contributed by atoms with Crippen LogP contribution in [-0.2, 0) is 14.3 Å². The van der Waals surface area contributed by atoms with Crippen LogP contribution in [0.25, 0.3) is 0 Å². The van der Waals surface area contributed by atoms with E-state index in [4.69, 9.17) is 4.74 Å². The molecule has 0 unspecified atom stereocenters. The van der Waals surface area contributed by atoms with Gasteiger partial charge in [0, 0.05) is 24.2 Å². The molecule has 136 valence electrons. The van der Waals surface area contributed by atoms with E-state index in [2.05, 4.69) is 5.32 Å². The van der Waals surface area contributed by atoms with Gasteiger partial charge in [-0.25, -0.2) is 4.79 Å². The lowest BCUT2D eigenvalue weighted by molar-refractivity contribution is -0.131. The summed E-state index contributed by atoms with van der Waals surface area (Å²) in [6.45, 7) is 8.62. The van der Waals surface area contributed by atoms with Gasteiger partial charge in [0.25, 0.3) is 0 Å². The standard InChI is InChI=1S/C19H26N2O4/c1-5-10-25-18(24)13-6-8-15(9-7-13)20-17(23)14-11-16(22)21(12-14)19(2,3)4/h6-9,14H,5,10-12H2,1-4H3,(H,20,23)/t14-/m1/s1. The highest BCUT2D eigenvalue weighted by Gasteiger charge is 2.39. The maximum Gasteiger partial charge on any atom is 0.338 e. The van der Waals surface area contributed by atoms with Crippen molar-refractivity contribution in [1.82, 2.24) is 4.90 Å². The van der Waals surface area contributed by atoms with E-state index < -0.39 is 0 Å². The molecule has 1 saturated heterocycles. The molecule has 0 saturated carbocycles. The van der Waals surface area contributed by atoms with E-state index in [0.29, 0.717) is 24.4 Å². The molecular formula is C19H26N2O4. The smallest absolute Gasteiger partial charge is 0.338 e. The molecule has 1 aliphatic heterocycles. The van der Waals surface area contributed by atoms with Crippen molar-refractivity contribution in [2.45, 2.75) is 46.1 Å². The zero-order chi connectivity index (χ0) is 18.6. The van der Waals surface area contributed by atoms with Crippen molar-refractivity contribution in [3.8, 4) is 0 Å². The molecule has 6 nitrogen and oxygen atoms in total. The molecule has 1 fully saturated rings. The molecule has 1 aromatic carbocycles. The minimum Gasteiger partial charge on any atom is -0.462 e. The van der Waals surface area contributed by atoms with Gasteiger partial charge in [0.05, 0.1) is 18.1 Å². The Morgan fingerprint density at radius 1 is 1.24 bits per heavy atom. The van der Waals surface area contributed by atoms with E-state index in [1.807, 2.05) is 27.7 Å². The fourth-order valence-corrected chi connectivity index (χ4v) is 2.74. The lowest BCUT2D eigenvalue weighted by atomic mass is 10.1. The Hall–Kier alpha value is -2.37. The van der Waals surface area contributed by atoms with Crippen molar-refractivity contribution in [3.63, 3.8) is 0 Å². The Balaban J connectivity index is 1.95. The zero-order valence-corrected chi connectivity index (χ0v) is 15.3. The predicted octanol–water partition coefficient (Wildman–Crippen LogP) is 2.84. The number of likely N-dealkylation sites (tertiary alicyclic amines) is 1. The van der Waals surface area contributed by atoms with Crippen LogP contribution in [0.3, 0.4) is 0 Å². The lowest BCUT2D eigenvalue weighted by Gasteiger charge is -2.31. The fourth-order valence-electron chi connectivity index (χ4n) is 2.74. The van der Waals surface area contributed by atoms with E-state index in [0.717, 1.165) is 6.42 Å². The highest BCUT2D eigenvalue weighted by Crippen LogP contribution is 2.26. The summed E-state index contributed by atoms with van der Waals surface area (Å²) in [4.78, 5) is 38.0. The zero-order valence-electron chi connectivity index (χ0n) is 15.3. The molecule has 1 aromatic rings. The molecule has 0 aromatic heterocycles. The average molecular weight is 346 g/mol. The second-order valence-electron chi connectivity index (χ2n) is 7.28. The summed E-state index contributed by atoms with van der Waals surface area (Å²) in [6.07, 6.45) is 0.996. The van der Waals surface area contributed by atoms with Gasteiger partial charge in [-0.2, -0.15) is 0 Å². The van der Waals surface area contributed by atoms with Crippen LogP contribution < -0.4 is 5.32 Å². The maximum absolute atomic E-state index is 12.4. The first-order chi connectivity index (χ1) is 11.7. The third kappa shape index (κ3) is 4.81. The number of benzene rings is 1. The van der Waals surface area contributed by atoms with Crippen molar-refractivity contribution in [3.05, 3.63) is 29.8 Å². The van der Waals surface area contributed by atoms with E-state index in [9.17, 15) is 14.4 Å². The monoisotopic (exact) mass is 346 g/mol. The molecule has 0 aliphatic carbocycles. The topological polar surface area (TPSA) is 75.7 Å². The number of rotatable bonds is 5. The number of hydrogen-bond donors (Lipinski definition) is 1. The lowest BCUT2D eigenvalue weighted by Crippen LogP contribution is -2.42. The van der Waals surface area contributed by atoms with Crippen molar-refractivity contribution in [2.24, 2.45) is 5.92 Å². The first-order valence-electron chi connectivity index (χ1n) is 8.61. The number of carbonyl (C=O) groups is 3. The third-order valence-electron chi connectivity index (χ3n) is 4.13. The number of ether oxygens (including phenoxy) is 1. The van der Waals surface area contributed by atoms with Crippen molar-refractivity contribution in [2.75, 3.05) is 18.5 Å². The molecular weight excluding hydrogens is 320 g/mol. The molecule has 1 atom stereocenters. The molecule has 6 heteroatoms. The van der Waals surface area contributed by atoms with Gasteiger partial charge in [0.1, 0.15) is 0 Å². The minimum atomic E-state index is -0.373. The van der Waals surface area contributed by atoms with Gasteiger partial charge in [0.15, 0.2) is 0 Å². The molecule has 0 spiro atoms. The molecule has 0 radical (unpaired) electrons. The molecule has 1 N–H and O–H groups in total. The van der Waals surface area contributed by atoms with Crippen molar-refractivity contribution < 1.29 is 19.1 Å². The second kappa shape index (κ2) is 7.68. The summed E-state index contributed by atoms with van der Waals surface area (Å²) >= 11 is 0. The number of amides is 2. The van der Waals surface area contributed by atoms with E-state index in [-0.39, 0.29) is 35.7 Å². The van der Waals surface area contributed by atoms with Crippen LogP contribution in [0.4, 0.5) is 5.69 Å². The average Bonchev–Trinajstić information content (AvgIpc) is 2.95. The van der Waals surface area contributed by atoms with Crippen LogP contribution in [-0.4, -0.2) is 41.4 Å². The van der Waals surface area contributed by atoms with E-state index in [1.165, 1.54) is 0 Å². The van der Waals surface area contributed by atoms with Crippen LogP contribution >= 0.6 is 0 Å². The largest absolute Gasteiger partial charge is 0.462 e. The van der Waals surface area contributed by atoms with E-state index >= 15 is 0 Å². The molecule has 25 heavy (non-hydrogen) atoms. The van der Waals surface area contributed by atoms with Crippen LogP contribution in [0.15, 0.2) is 24.3 Å². The highest BCUT2D eigenvalue weighted by molar-refractivity contribution is 5.98. The van der Waals surface area contributed by atoms with Gasteiger partial charge in [-0.05, 0) is 51.5 Å². The number of nitrogens with one attached hydrogen (secondary N) is 1. The summed E-state index contributed by atoms with van der Waals surface area (Å²) < 4.78 is 5.07. The Bertz CT molecular complexity index is 646. The summed E-state index contributed by atoms with van der Waals surface area (Å²) in [5.74, 6) is -0.911. The Morgan fingerprint density at radius 2 is 1.88 bits per heavy atom. The Morgan fingerprint density at radius 3 is 2.40 bits per heavy atom. The Kier molecular flexibility index (Phi) is 5.82. The van der Waals surface area contributed by atoms with Gasteiger partial charge in [-0.15, -0.1) is 0 Å². The fraction of sp³-hybridized carbons (Fsp3) is 0.526. The quantitative estimate of drug-likeness (QED) is 0.832. The van der Waals surface area contributed by atoms with Crippen molar-refractivity contribution >= 4 is 23.5 Å². The minimum absolute atomic E-state index is 0.00154. The number of nitrogens with zero attached hydrogens (tertiary/aromatic N) is 1. The van der Waals surface area contributed by atoms with E-state index in [1.54, 1.807) is 29.2 Å². The summed E-state index contributed by atoms with van der Waals surface area (Å²) in [5.41, 5.74) is 0.757. The van der Waals surface area contributed by atoms with Crippen LogP contribution in [0.5, 0.6) is 0 Å². The molecule has 1 heterocycles. The van der Waals surface area contributed by atoms with Gasteiger partial charge >= 0.3 is 5.97 Å². The van der Waals surface area contributed by atoms with Crippen LogP contribution in [0.1, 0.15) is 50.9 Å². The third-order valence-corrected chi connectivity index (χ3v) is 4.13. The molecule has 0 bridgehead atoms.